The summed E-state index contributed by atoms with van der Waals surface area (Å²) >= 11 is 1.85. The number of rotatable bonds is 6. The van der Waals surface area contributed by atoms with Crippen molar-refractivity contribution in [3.8, 4) is 22.4 Å². The molecule has 0 unspecified atom stereocenters. The maximum absolute atomic E-state index is 4.90. The van der Waals surface area contributed by atoms with Gasteiger partial charge in [0.05, 0.1) is 11.4 Å². The fourth-order valence-corrected chi connectivity index (χ4v) is 6.07. The SMILES string of the molecule is CC=CC(=CC)c1cccc(Nc2cc(-c3ccccn3)cc(-c3cccc4c3sc3ccccc34)c2)n1. The van der Waals surface area contributed by atoms with Crippen molar-refractivity contribution in [3.05, 3.63) is 127 Å². The molecule has 38 heavy (non-hydrogen) atoms. The van der Waals surface area contributed by atoms with Crippen LogP contribution in [0.2, 0.25) is 0 Å². The molecule has 0 saturated carbocycles. The van der Waals surface area contributed by atoms with Gasteiger partial charge in [-0.25, -0.2) is 4.98 Å². The standard InChI is InChI=1S/C34H27N3S/c1-3-11-23(4-2)31-16-10-18-33(37-31)36-26-21-24(20-25(22-26)30-15-7-8-19-35-30)27-13-9-14-29-28-12-5-6-17-32(28)38-34(27)29/h3-22H,1-2H3,(H,36,37). The normalized spacial score (nSPS) is 12.0. The number of fused-ring (bicyclic) bond motifs is 3. The van der Waals surface area contributed by atoms with E-state index < -0.39 is 0 Å². The first kappa shape index (κ1) is 23.8. The number of benzene rings is 3. The lowest BCUT2D eigenvalue weighted by Gasteiger charge is -2.13. The minimum absolute atomic E-state index is 0.801. The van der Waals surface area contributed by atoms with Gasteiger partial charge < -0.3 is 5.32 Å². The van der Waals surface area contributed by atoms with Gasteiger partial charge >= 0.3 is 0 Å². The van der Waals surface area contributed by atoms with Crippen molar-refractivity contribution in [2.75, 3.05) is 5.32 Å². The summed E-state index contributed by atoms with van der Waals surface area (Å²) in [6, 6.07) is 33.9. The molecule has 0 aliphatic carbocycles. The molecular formula is C34H27N3S. The summed E-state index contributed by atoms with van der Waals surface area (Å²) in [5.74, 6) is 0.801. The molecule has 0 bridgehead atoms. The number of hydrogen-bond donors (Lipinski definition) is 1. The highest BCUT2D eigenvalue weighted by molar-refractivity contribution is 7.26. The zero-order chi connectivity index (χ0) is 25.9. The quantitative estimate of drug-likeness (QED) is 0.227. The number of nitrogens with zero attached hydrogens (tertiary/aromatic N) is 2. The Bertz CT molecular complexity index is 1810. The molecule has 0 saturated heterocycles. The van der Waals surface area contributed by atoms with Gasteiger partial charge in [-0.15, -0.1) is 11.3 Å². The summed E-state index contributed by atoms with van der Waals surface area (Å²) in [5, 5.41) is 6.16. The molecule has 0 radical (unpaired) electrons. The Morgan fingerprint density at radius 2 is 1.61 bits per heavy atom. The zero-order valence-corrected chi connectivity index (χ0v) is 22.2. The molecule has 3 heterocycles. The van der Waals surface area contributed by atoms with E-state index in [1.165, 1.54) is 25.7 Å². The monoisotopic (exact) mass is 509 g/mol. The molecule has 1 N–H and O–H groups in total. The number of allylic oxidation sites excluding steroid dienone is 4. The van der Waals surface area contributed by atoms with Gasteiger partial charge in [0.15, 0.2) is 0 Å². The minimum atomic E-state index is 0.801. The third-order valence-corrected chi connectivity index (χ3v) is 7.80. The van der Waals surface area contributed by atoms with Gasteiger partial charge in [0.2, 0.25) is 0 Å². The molecule has 3 aromatic carbocycles. The third-order valence-electron chi connectivity index (χ3n) is 6.58. The Morgan fingerprint density at radius 3 is 2.45 bits per heavy atom. The van der Waals surface area contributed by atoms with E-state index in [0.717, 1.165) is 39.6 Å². The van der Waals surface area contributed by atoms with E-state index in [1.807, 2.05) is 67.8 Å². The molecule has 0 spiro atoms. The van der Waals surface area contributed by atoms with Crippen molar-refractivity contribution in [1.29, 1.82) is 0 Å². The van der Waals surface area contributed by atoms with E-state index in [2.05, 4.69) is 89.2 Å². The van der Waals surface area contributed by atoms with Crippen LogP contribution < -0.4 is 5.32 Å². The fraction of sp³-hybridized carbons (Fsp3) is 0.0588. The van der Waals surface area contributed by atoms with Crippen molar-refractivity contribution in [2.45, 2.75) is 13.8 Å². The number of pyridine rings is 2. The second-order valence-electron chi connectivity index (χ2n) is 9.07. The smallest absolute Gasteiger partial charge is 0.131 e. The highest BCUT2D eigenvalue weighted by atomic mass is 32.1. The van der Waals surface area contributed by atoms with E-state index in [-0.39, 0.29) is 0 Å². The van der Waals surface area contributed by atoms with Crippen LogP contribution in [-0.4, -0.2) is 9.97 Å². The molecule has 184 valence electrons. The number of thiophene rings is 1. The van der Waals surface area contributed by atoms with Crippen molar-refractivity contribution in [3.63, 3.8) is 0 Å². The van der Waals surface area contributed by atoms with E-state index in [0.29, 0.717) is 0 Å². The van der Waals surface area contributed by atoms with Gasteiger partial charge in [-0.05, 0) is 79.1 Å². The van der Waals surface area contributed by atoms with Crippen LogP contribution in [0.25, 0.3) is 48.1 Å². The maximum Gasteiger partial charge on any atom is 0.131 e. The number of hydrogen-bond acceptors (Lipinski definition) is 4. The van der Waals surface area contributed by atoms with Crippen LogP contribution >= 0.6 is 11.3 Å². The molecule has 0 aliphatic heterocycles. The second-order valence-corrected chi connectivity index (χ2v) is 10.1. The molecule has 4 heteroatoms. The second kappa shape index (κ2) is 10.4. The number of anilines is 2. The van der Waals surface area contributed by atoms with Gasteiger partial charge in [0, 0.05) is 37.6 Å². The summed E-state index contributed by atoms with van der Waals surface area (Å²) in [5.41, 5.74) is 7.36. The van der Waals surface area contributed by atoms with Crippen LogP contribution in [-0.2, 0) is 0 Å². The molecule has 0 atom stereocenters. The molecule has 0 fully saturated rings. The van der Waals surface area contributed by atoms with Gasteiger partial charge in [0.1, 0.15) is 5.82 Å². The average molecular weight is 510 g/mol. The summed E-state index contributed by atoms with van der Waals surface area (Å²) in [4.78, 5) is 9.54. The average Bonchev–Trinajstić information content (AvgIpc) is 3.35. The van der Waals surface area contributed by atoms with Gasteiger partial charge in [-0.1, -0.05) is 66.8 Å². The lowest BCUT2D eigenvalue weighted by molar-refractivity contribution is 1.26. The van der Waals surface area contributed by atoms with E-state index >= 15 is 0 Å². The molecule has 3 aromatic heterocycles. The summed E-state index contributed by atoms with van der Waals surface area (Å²) in [7, 11) is 0. The first-order chi connectivity index (χ1) is 18.7. The predicted molar refractivity (Wildman–Crippen MR) is 164 cm³/mol. The predicted octanol–water partition coefficient (Wildman–Crippen LogP) is 9.90. The Morgan fingerprint density at radius 1 is 0.789 bits per heavy atom. The van der Waals surface area contributed by atoms with Gasteiger partial charge in [0.25, 0.3) is 0 Å². The Kier molecular flexibility index (Phi) is 6.55. The topological polar surface area (TPSA) is 37.8 Å². The molecule has 6 aromatic rings. The Hall–Kier alpha value is -4.54. The van der Waals surface area contributed by atoms with Gasteiger partial charge in [-0.2, -0.15) is 0 Å². The summed E-state index contributed by atoms with van der Waals surface area (Å²) in [6.45, 7) is 4.06. The molecular weight excluding hydrogens is 482 g/mol. The first-order valence-electron chi connectivity index (χ1n) is 12.7. The first-order valence-corrected chi connectivity index (χ1v) is 13.6. The molecule has 0 amide bonds. The van der Waals surface area contributed by atoms with Crippen LogP contribution in [0.15, 0.2) is 121 Å². The third kappa shape index (κ3) is 4.62. The maximum atomic E-state index is 4.90. The van der Waals surface area contributed by atoms with Crippen molar-refractivity contribution >= 4 is 48.6 Å². The minimum Gasteiger partial charge on any atom is -0.340 e. The summed E-state index contributed by atoms with van der Waals surface area (Å²) < 4.78 is 2.60. The van der Waals surface area contributed by atoms with Crippen molar-refractivity contribution in [2.24, 2.45) is 0 Å². The van der Waals surface area contributed by atoms with Crippen molar-refractivity contribution in [1.82, 2.24) is 9.97 Å². The summed E-state index contributed by atoms with van der Waals surface area (Å²) in [6.07, 6.45) is 8.04. The number of nitrogens with one attached hydrogen (secondary N) is 1. The fourth-order valence-electron chi connectivity index (χ4n) is 4.83. The molecule has 6 rings (SSSR count). The van der Waals surface area contributed by atoms with Crippen LogP contribution in [0.1, 0.15) is 19.5 Å². The van der Waals surface area contributed by atoms with Crippen LogP contribution in [0.3, 0.4) is 0 Å². The van der Waals surface area contributed by atoms with Gasteiger partial charge in [-0.3, -0.25) is 4.98 Å². The van der Waals surface area contributed by atoms with E-state index in [4.69, 9.17) is 4.98 Å². The Labute approximate surface area is 226 Å². The van der Waals surface area contributed by atoms with Crippen LogP contribution in [0, 0.1) is 0 Å². The van der Waals surface area contributed by atoms with Crippen molar-refractivity contribution < 1.29 is 0 Å². The highest BCUT2D eigenvalue weighted by Gasteiger charge is 2.13. The zero-order valence-electron chi connectivity index (χ0n) is 21.3. The van der Waals surface area contributed by atoms with E-state index in [9.17, 15) is 0 Å². The lowest BCUT2D eigenvalue weighted by atomic mass is 9.98. The largest absolute Gasteiger partial charge is 0.340 e. The highest BCUT2D eigenvalue weighted by Crippen LogP contribution is 2.41. The van der Waals surface area contributed by atoms with Crippen LogP contribution in [0.5, 0.6) is 0 Å². The van der Waals surface area contributed by atoms with Crippen LogP contribution in [0.4, 0.5) is 11.5 Å². The van der Waals surface area contributed by atoms with E-state index in [1.54, 1.807) is 0 Å². The number of aromatic nitrogens is 2. The Balaban J connectivity index is 1.49. The molecule has 3 nitrogen and oxygen atoms in total. The molecule has 0 aliphatic rings. The lowest BCUT2D eigenvalue weighted by Crippen LogP contribution is -1.97.